The van der Waals surface area contributed by atoms with Gasteiger partial charge < -0.3 is 14.4 Å². The van der Waals surface area contributed by atoms with Crippen LogP contribution in [0.3, 0.4) is 0 Å². The third-order valence-electron chi connectivity index (χ3n) is 8.89. The number of carbonyl (C=O) groups is 1. The average molecular weight is 383 g/mol. The quantitative estimate of drug-likeness (QED) is 0.630. The van der Waals surface area contributed by atoms with Crippen LogP contribution in [0.5, 0.6) is 0 Å². The zero-order valence-corrected chi connectivity index (χ0v) is 16.9. The number of epoxide rings is 1. The molecule has 0 bridgehead atoms. The van der Waals surface area contributed by atoms with E-state index in [4.69, 9.17) is 9.47 Å². The second-order valence-electron chi connectivity index (χ2n) is 10.5. The molecular weight excluding hydrogens is 350 g/mol. The summed E-state index contributed by atoms with van der Waals surface area (Å²) in [6.07, 6.45) is 7.19. The average Bonchev–Trinajstić information content (AvgIpc) is 3.39. The highest BCUT2D eigenvalue weighted by Gasteiger charge is 2.65. The highest BCUT2D eigenvalue weighted by atomic mass is 16.6. The van der Waals surface area contributed by atoms with Crippen molar-refractivity contribution >= 4 is 5.97 Å². The minimum Gasteiger partial charge on any atom is -0.462 e. The molecule has 2 saturated heterocycles. The molecule has 1 aromatic rings. The van der Waals surface area contributed by atoms with Crippen molar-refractivity contribution < 1.29 is 19.2 Å². The molecule has 0 aromatic heterocycles. The van der Waals surface area contributed by atoms with E-state index in [0.717, 1.165) is 45.5 Å². The fourth-order valence-corrected chi connectivity index (χ4v) is 7.32. The molecule has 6 rings (SSSR count). The number of hydrogen-bond donors (Lipinski definition) is 1. The van der Waals surface area contributed by atoms with Crippen molar-refractivity contribution in [3.05, 3.63) is 35.4 Å². The number of rotatable bonds is 2. The second-order valence-corrected chi connectivity index (χ2v) is 10.5. The zero-order valence-electron chi connectivity index (χ0n) is 16.9. The summed E-state index contributed by atoms with van der Waals surface area (Å²) >= 11 is 0. The molecule has 4 nitrogen and oxygen atoms in total. The van der Waals surface area contributed by atoms with Crippen LogP contribution in [0.2, 0.25) is 0 Å². The van der Waals surface area contributed by atoms with E-state index in [2.05, 4.69) is 31.2 Å². The van der Waals surface area contributed by atoms with Crippen LogP contribution in [-0.4, -0.2) is 37.4 Å². The number of ether oxygens (including phenoxy) is 2. The van der Waals surface area contributed by atoms with E-state index >= 15 is 0 Å². The Balaban J connectivity index is 1.21. The van der Waals surface area contributed by atoms with Crippen LogP contribution >= 0.6 is 0 Å². The molecule has 2 aliphatic carbocycles. The van der Waals surface area contributed by atoms with Crippen molar-refractivity contribution in [2.45, 2.75) is 63.7 Å². The predicted octanol–water partition coefficient (Wildman–Crippen LogP) is 2.15. The van der Waals surface area contributed by atoms with Crippen LogP contribution in [0.15, 0.2) is 24.3 Å². The molecule has 150 valence electrons. The van der Waals surface area contributed by atoms with Crippen LogP contribution in [-0.2, 0) is 27.2 Å². The molecule has 3 heterocycles. The lowest BCUT2D eigenvalue weighted by atomic mass is 9.53. The molecule has 4 heteroatoms. The van der Waals surface area contributed by atoms with Crippen molar-refractivity contribution in [3.8, 4) is 0 Å². The summed E-state index contributed by atoms with van der Waals surface area (Å²) in [6.45, 7) is 6.49. The van der Waals surface area contributed by atoms with Gasteiger partial charge >= 0.3 is 5.97 Å². The van der Waals surface area contributed by atoms with Gasteiger partial charge in [0.05, 0.1) is 25.3 Å². The van der Waals surface area contributed by atoms with E-state index in [1.165, 1.54) is 30.4 Å². The minimum atomic E-state index is 0.0764. The van der Waals surface area contributed by atoms with Crippen molar-refractivity contribution in [3.63, 3.8) is 0 Å². The molecular formula is C24H32NO3+. The van der Waals surface area contributed by atoms with Gasteiger partial charge in [0.2, 0.25) is 0 Å². The largest absolute Gasteiger partial charge is 0.462 e. The molecule has 28 heavy (non-hydrogen) atoms. The Bertz CT molecular complexity index is 803. The smallest absolute Gasteiger partial charge is 0.315 e. The standard InChI is InChI=1S/C24H31NO3/c1-23-8-4-9-24(15-27-24)21(23)11-18-19(22(26)28-20(18)12-23)14-25-10-7-16-5-2-3-6-17(16)13-25/h2-3,5-6,18-21H,4,7-15H2,1H3/p+1/t18-,19-,20-,21+,23-,24+/m1/s1. The van der Waals surface area contributed by atoms with Crippen molar-refractivity contribution in [1.29, 1.82) is 0 Å². The first-order valence-electron chi connectivity index (χ1n) is 11.3. The van der Waals surface area contributed by atoms with Crippen molar-refractivity contribution in [2.24, 2.45) is 23.2 Å². The van der Waals surface area contributed by atoms with Crippen molar-refractivity contribution in [2.75, 3.05) is 19.7 Å². The Hall–Kier alpha value is -1.39. The van der Waals surface area contributed by atoms with Gasteiger partial charge in [-0.05, 0) is 49.0 Å². The lowest BCUT2D eigenvalue weighted by molar-refractivity contribution is -0.918. The lowest BCUT2D eigenvalue weighted by Crippen LogP contribution is -3.12. The minimum absolute atomic E-state index is 0.0764. The summed E-state index contributed by atoms with van der Waals surface area (Å²) in [7, 11) is 0. The van der Waals surface area contributed by atoms with Gasteiger partial charge in [0.25, 0.3) is 0 Å². The molecule has 4 fully saturated rings. The highest BCUT2D eigenvalue weighted by Crippen LogP contribution is 2.62. The van der Waals surface area contributed by atoms with Crippen LogP contribution in [0.4, 0.5) is 0 Å². The van der Waals surface area contributed by atoms with E-state index in [-0.39, 0.29) is 23.6 Å². The number of carbonyl (C=O) groups excluding carboxylic acids is 1. The van der Waals surface area contributed by atoms with Gasteiger partial charge in [-0.3, -0.25) is 4.79 Å². The summed E-state index contributed by atoms with van der Waals surface area (Å²) in [4.78, 5) is 14.4. The van der Waals surface area contributed by atoms with Gasteiger partial charge in [-0.25, -0.2) is 0 Å². The molecule has 1 unspecified atom stereocenters. The van der Waals surface area contributed by atoms with Crippen LogP contribution in [0.25, 0.3) is 0 Å². The molecule has 2 saturated carbocycles. The Morgan fingerprint density at radius 3 is 2.86 bits per heavy atom. The Morgan fingerprint density at radius 1 is 1.21 bits per heavy atom. The number of benzene rings is 1. The Labute approximate surface area is 167 Å². The molecule has 7 atom stereocenters. The lowest BCUT2D eigenvalue weighted by Gasteiger charge is -2.51. The van der Waals surface area contributed by atoms with E-state index in [1.807, 2.05) is 0 Å². The summed E-state index contributed by atoms with van der Waals surface area (Å²) in [5.74, 6) is 1.17. The van der Waals surface area contributed by atoms with Gasteiger partial charge in [-0.2, -0.15) is 0 Å². The number of esters is 1. The topological polar surface area (TPSA) is 43.3 Å². The first-order valence-corrected chi connectivity index (χ1v) is 11.3. The Morgan fingerprint density at radius 2 is 2.04 bits per heavy atom. The molecule has 1 aromatic carbocycles. The summed E-state index contributed by atoms with van der Waals surface area (Å²) in [5, 5.41) is 0. The van der Waals surface area contributed by atoms with Gasteiger partial charge in [0.15, 0.2) is 0 Å². The van der Waals surface area contributed by atoms with Gasteiger partial charge in [-0.1, -0.05) is 31.2 Å². The van der Waals surface area contributed by atoms with E-state index in [9.17, 15) is 4.79 Å². The summed E-state index contributed by atoms with van der Waals surface area (Å²) in [5.41, 5.74) is 3.38. The van der Waals surface area contributed by atoms with Crippen LogP contribution in [0.1, 0.15) is 50.2 Å². The maximum atomic E-state index is 12.9. The number of nitrogens with one attached hydrogen (secondary N) is 1. The molecule has 1 N–H and O–H groups in total. The van der Waals surface area contributed by atoms with Crippen LogP contribution in [0, 0.1) is 23.2 Å². The molecule has 0 amide bonds. The molecule has 1 spiro atoms. The normalized spacial score (nSPS) is 46.5. The fourth-order valence-electron chi connectivity index (χ4n) is 7.32. The molecule has 3 aliphatic heterocycles. The third-order valence-corrected chi connectivity index (χ3v) is 8.89. The second kappa shape index (κ2) is 6.06. The van der Waals surface area contributed by atoms with E-state index in [1.54, 1.807) is 4.90 Å². The highest BCUT2D eigenvalue weighted by molar-refractivity contribution is 5.75. The maximum absolute atomic E-state index is 12.9. The summed E-state index contributed by atoms with van der Waals surface area (Å²) in [6, 6.07) is 8.79. The van der Waals surface area contributed by atoms with Crippen LogP contribution < -0.4 is 4.90 Å². The zero-order chi connectivity index (χ0) is 18.9. The number of fused-ring (bicyclic) bond motifs is 4. The third kappa shape index (κ3) is 2.60. The van der Waals surface area contributed by atoms with E-state index < -0.39 is 0 Å². The number of hydrogen-bond acceptors (Lipinski definition) is 3. The van der Waals surface area contributed by atoms with Gasteiger partial charge in [-0.15, -0.1) is 0 Å². The van der Waals surface area contributed by atoms with Gasteiger partial charge in [0.1, 0.15) is 18.6 Å². The molecule has 0 radical (unpaired) electrons. The molecule has 5 aliphatic rings. The monoisotopic (exact) mass is 382 g/mol. The SMILES string of the molecule is C[C@]12CCC[C@]3(CO3)[C@H]1C[C@H]1[C@@H](C2)OC(=O)[C@@H]1C[NH+]1CCc2ccccc2C1. The summed E-state index contributed by atoms with van der Waals surface area (Å²) < 4.78 is 12.0. The predicted molar refractivity (Wildman–Crippen MR) is 105 cm³/mol. The van der Waals surface area contributed by atoms with E-state index in [0.29, 0.717) is 17.3 Å². The number of quaternary nitrogens is 1. The fraction of sp³-hybridized carbons (Fsp3) is 0.708. The maximum Gasteiger partial charge on any atom is 0.315 e. The Kier molecular flexibility index (Phi) is 3.78. The van der Waals surface area contributed by atoms with Crippen molar-refractivity contribution in [1.82, 2.24) is 0 Å². The van der Waals surface area contributed by atoms with Gasteiger partial charge in [0, 0.05) is 17.9 Å². The first-order chi connectivity index (χ1) is 13.6. The first kappa shape index (κ1) is 17.5.